The highest BCUT2D eigenvalue weighted by Crippen LogP contribution is 2.36. The number of hydrogen-bond acceptors (Lipinski definition) is 7. The molecular weight excluding hydrogens is 434 g/mol. The summed E-state index contributed by atoms with van der Waals surface area (Å²) in [6, 6.07) is 11.7. The van der Waals surface area contributed by atoms with Crippen molar-refractivity contribution in [3.05, 3.63) is 58.5 Å². The van der Waals surface area contributed by atoms with Crippen molar-refractivity contribution in [3.8, 4) is 11.5 Å². The molecule has 2 aliphatic heterocycles. The van der Waals surface area contributed by atoms with Crippen molar-refractivity contribution in [1.82, 2.24) is 10.2 Å². The van der Waals surface area contributed by atoms with Crippen LogP contribution < -0.4 is 20.1 Å². The number of fused-ring (bicyclic) bond motifs is 1. The zero-order chi connectivity index (χ0) is 22.7. The van der Waals surface area contributed by atoms with Crippen LogP contribution in [0.3, 0.4) is 0 Å². The van der Waals surface area contributed by atoms with E-state index in [0.717, 1.165) is 22.2 Å². The zero-order valence-corrected chi connectivity index (χ0v) is 17.9. The SMILES string of the molecule is CC(=O)Nc1ccc(C(=O)NCCN2C(=O)SC(=Cc3ccc4c(c3)OCO4)C2=O)cc1. The molecule has 0 saturated carbocycles. The molecule has 1 fully saturated rings. The Balaban J connectivity index is 1.33. The molecule has 2 heterocycles. The van der Waals surface area contributed by atoms with Gasteiger partial charge in [-0.3, -0.25) is 24.1 Å². The molecule has 2 aliphatic rings. The number of amides is 4. The van der Waals surface area contributed by atoms with Gasteiger partial charge in [0.1, 0.15) is 0 Å². The molecule has 1 saturated heterocycles. The third kappa shape index (κ3) is 4.75. The standard InChI is InChI=1S/C22H19N3O6S/c1-13(26)24-16-5-3-15(4-6-16)20(27)23-8-9-25-21(28)19(32-22(25)29)11-14-2-7-17-18(10-14)31-12-30-17/h2-7,10-11H,8-9,12H2,1H3,(H,23,27)(H,24,26). The van der Waals surface area contributed by atoms with Gasteiger partial charge in [0.05, 0.1) is 4.91 Å². The Bertz CT molecular complexity index is 1130. The van der Waals surface area contributed by atoms with E-state index >= 15 is 0 Å². The van der Waals surface area contributed by atoms with Crippen molar-refractivity contribution in [3.63, 3.8) is 0 Å². The summed E-state index contributed by atoms with van der Waals surface area (Å²) in [7, 11) is 0. The van der Waals surface area contributed by atoms with Gasteiger partial charge in [-0.2, -0.15) is 0 Å². The third-order valence-corrected chi connectivity index (χ3v) is 5.56. The second kappa shape index (κ2) is 9.15. The van der Waals surface area contributed by atoms with Crippen LogP contribution in [0.2, 0.25) is 0 Å². The van der Waals surface area contributed by atoms with Gasteiger partial charge in [0.15, 0.2) is 11.5 Å². The first-order valence-corrected chi connectivity index (χ1v) is 10.5. The number of anilines is 1. The minimum Gasteiger partial charge on any atom is -0.454 e. The van der Waals surface area contributed by atoms with E-state index in [-0.39, 0.29) is 31.7 Å². The van der Waals surface area contributed by atoms with E-state index in [1.165, 1.54) is 6.92 Å². The Morgan fingerprint density at radius 2 is 1.84 bits per heavy atom. The summed E-state index contributed by atoms with van der Waals surface area (Å²) in [5.41, 5.74) is 1.70. The highest BCUT2D eigenvalue weighted by atomic mass is 32.2. The first-order valence-electron chi connectivity index (χ1n) is 9.71. The van der Waals surface area contributed by atoms with Gasteiger partial charge in [-0.25, -0.2) is 0 Å². The van der Waals surface area contributed by atoms with Gasteiger partial charge in [0, 0.05) is 31.3 Å². The predicted octanol–water partition coefficient (Wildman–Crippen LogP) is 2.84. The Morgan fingerprint density at radius 1 is 1.09 bits per heavy atom. The average molecular weight is 453 g/mol. The maximum Gasteiger partial charge on any atom is 0.293 e. The molecule has 0 bridgehead atoms. The van der Waals surface area contributed by atoms with Crippen LogP contribution in [0.1, 0.15) is 22.8 Å². The monoisotopic (exact) mass is 453 g/mol. The van der Waals surface area contributed by atoms with Crippen molar-refractivity contribution < 1.29 is 28.7 Å². The summed E-state index contributed by atoms with van der Waals surface area (Å²) < 4.78 is 10.6. The molecule has 2 aromatic rings. The Morgan fingerprint density at radius 3 is 2.59 bits per heavy atom. The summed E-state index contributed by atoms with van der Waals surface area (Å²) in [5, 5.41) is 4.92. The van der Waals surface area contributed by atoms with Crippen LogP contribution in [0.4, 0.5) is 10.5 Å². The van der Waals surface area contributed by atoms with Crippen LogP contribution in [0.15, 0.2) is 47.4 Å². The highest BCUT2D eigenvalue weighted by molar-refractivity contribution is 8.18. The van der Waals surface area contributed by atoms with E-state index < -0.39 is 11.1 Å². The fourth-order valence-electron chi connectivity index (χ4n) is 3.14. The number of ether oxygens (including phenoxy) is 2. The topological polar surface area (TPSA) is 114 Å². The summed E-state index contributed by atoms with van der Waals surface area (Å²) >= 11 is 0.851. The number of nitrogens with zero attached hydrogens (tertiary/aromatic N) is 1. The van der Waals surface area contributed by atoms with E-state index in [9.17, 15) is 19.2 Å². The molecule has 0 aromatic heterocycles. The first-order chi connectivity index (χ1) is 15.4. The Labute approximate surface area is 187 Å². The summed E-state index contributed by atoms with van der Waals surface area (Å²) in [5.74, 6) is 0.266. The number of benzene rings is 2. The lowest BCUT2D eigenvalue weighted by atomic mass is 10.2. The molecule has 0 atom stereocenters. The lowest BCUT2D eigenvalue weighted by Gasteiger charge is -2.13. The fourth-order valence-corrected chi connectivity index (χ4v) is 4.00. The Kier molecular flexibility index (Phi) is 6.13. The van der Waals surface area contributed by atoms with Crippen molar-refractivity contribution in [2.24, 2.45) is 0 Å². The minimum atomic E-state index is -0.411. The molecular formula is C22H19N3O6S. The van der Waals surface area contributed by atoms with Gasteiger partial charge < -0.3 is 20.1 Å². The fraction of sp³-hybridized carbons (Fsp3) is 0.182. The second-order valence-corrected chi connectivity index (χ2v) is 7.95. The number of thioether (sulfide) groups is 1. The smallest absolute Gasteiger partial charge is 0.293 e. The molecule has 0 spiro atoms. The highest BCUT2D eigenvalue weighted by Gasteiger charge is 2.34. The number of rotatable bonds is 6. The Hall–Kier alpha value is -3.79. The predicted molar refractivity (Wildman–Crippen MR) is 118 cm³/mol. The molecule has 2 aromatic carbocycles. The van der Waals surface area contributed by atoms with Crippen LogP contribution in [0.5, 0.6) is 11.5 Å². The largest absolute Gasteiger partial charge is 0.454 e. The number of nitrogens with one attached hydrogen (secondary N) is 2. The van der Waals surface area contributed by atoms with E-state index in [1.807, 2.05) is 0 Å². The molecule has 0 aliphatic carbocycles. The maximum atomic E-state index is 12.6. The van der Waals surface area contributed by atoms with Crippen molar-refractivity contribution in [2.75, 3.05) is 25.2 Å². The third-order valence-electron chi connectivity index (χ3n) is 4.66. The maximum absolute atomic E-state index is 12.6. The first kappa shape index (κ1) is 21.4. The van der Waals surface area contributed by atoms with E-state index in [0.29, 0.717) is 27.7 Å². The molecule has 0 radical (unpaired) electrons. The van der Waals surface area contributed by atoms with Gasteiger partial charge in [-0.15, -0.1) is 0 Å². The van der Waals surface area contributed by atoms with Gasteiger partial charge in [0.25, 0.3) is 17.1 Å². The summed E-state index contributed by atoms with van der Waals surface area (Å²) in [6.07, 6.45) is 1.63. The number of carbonyl (C=O) groups excluding carboxylic acids is 4. The van der Waals surface area contributed by atoms with Gasteiger partial charge in [0.2, 0.25) is 12.7 Å². The second-order valence-electron chi connectivity index (χ2n) is 6.96. The van der Waals surface area contributed by atoms with E-state index in [4.69, 9.17) is 9.47 Å². The molecule has 0 unspecified atom stereocenters. The summed E-state index contributed by atoms with van der Waals surface area (Å²) in [6.45, 7) is 1.72. The van der Waals surface area contributed by atoms with E-state index in [2.05, 4.69) is 10.6 Å². The molecule has 9 nitrogen and oxygen atoms in total. The molecule has 32 heavy (non-hydrogen) atoms. The van der Waals surface area contributed by atoms with Crippen LogP contribution in [0, 0.1) is 0 Å². The van der Waals surface area contributed by atoms with Crippen molar-refractivity contribution in [2.45, 2.75) is 6.92 Å². The number of carbonyl (C=O) groups is 4. The van der Waals surface area contributed by atoms with Crippen LogP contribution in [0.25, 0.3) is 6.08 Å². The molecule has 2 N–H and O–H groups in total. The number of hydrogen-bond donors (Lipinski definition) is 2. The quantitative estimate of drug-likeness (QED) is 0.647. The van der Waals surface area contributed by atoms with Crippen LogP contribution >= 0.6 is 11.8 Å². The minimum absolute atomic E-state index is 0.0544. The van der Waals surface area contributed by atoms with Gasteiger partial charge >= 0.3 is 0 Å². The molecule has 4 amide bonds. The van der Waals surface area contributed by atoms with Crippen molar-refractivity contribution in [1.29, 1.82) is 0 Å². The van der Waals surface area contributed by atoms with Crippen LogP contribution in [-0.2, 0) is 9.59 Å². The van der Waals surface area contributed by atoms with E-state index in [1.54, 1.807) is 48.5 Å². The molecule has 164 valence electrons. The molecule has 4 rings (SSSR count). The van der Waals surface area contributed by atoms with Gasteiger partial charge in [-0.1, -0.05) is 6.07 Å². The number of imide groups is 1. The lowest BCUT2D eigenvalue weighted by Crippen LogP contribution is -2.37. The lowest BCUT2D eigenvalue weighted by molar-refractivity contribution is -0.122. The van der Waals surface area contributed by atoms with Crippen molar-refractivity contribution >= 4 is 46.5 Å². The zero-order valence-electron chi connectivity index (χ0n) is 17.0. The normalized spacial score (nSPS) is 15.9. The average Bonchev–Trinajstić information content (AvgIpc) is 3.33. The summed E-state index contributed by atoms with van der Waals surface area (Å²) in [4.78, 5) is 49.7. The van der Waals surface area contributed by atoms with Gasteiger partial charge in [-0.05, 0) is 59.8 Å². The van der Waals surface area contributed by atoms with Crippen LogP contribution in [-0.4, -0.2) is 47.7 Å². The molecule has 10 heteroatoms.